The largest absolute Gasteiger partial charge is 0.504 e. The van der Waals surface area contributed by atoms with E-state index in [4.69, 9.17) is 9.47 Å². The Balaban J connectivity index is 2.28. The van der Waals surface area contributed by atoms with Gasteiger partial charge in [0.2, 0.25) is 11.6 Å². The molecule has 0 aliphatic heterocycles. The summed E-state index contributed by atoms with van der Waals surface area (Å²) in [7, 11) is 0. The first kappa shape index (κ1) is 14.0. The lowest BCUT2D eigenvalue weighted by Crippen LogP contribution is -1.96. The van der Waals surface area contributed by atoms with Gasteiger partial charge < -0.3 is 14.6 Å². The molecular formula is C14H11F3O3. The maximum Gasteiger partial charge on any atom is 0.208 e. The maximum atomic E-state index is 13.5. The standard InChI is InChI=1S/C14H11F3O3/c1-2-19-8-3-5-9(6-4-8)20-14-11(18)7-10(15)12(16)13(14)17/h3-7,18H,2H2,1H3. The molecule has 106 valence electrons. The van der Waals surface area contributed by atoms with Gasteiger partial charge in [0.15, 0.2) is 17.4 Å². The van der Waals surface area contributed by atoms with E-state index < -0.39 is 29.0 Å². The molecule has 0 bridgehead atoms. The van der Waals surface area contributed by atoms with E-state index in [1.165, 1.54) is 12.1 Å². The SMILES string of the molecule is CCOc1ccc(Oc2c(O)cc(F)c(F)c2F)cc1. The zero-order valence-electron chi connectivity index (χ0n) is 10.5. The van der Waals surface area contributed by atoms with E-state index in [0.29, 0.717) is 18.4 Å². The third-order valence-electron chi connectivity index (χ3n) is 2.45. The smallest absolute Gasteiger partial charge is 0.208 e. The summed E-state index contributed by atoms with van der Waals surface area (Å²) in [6.07, 6.45) is 0. The van der Waals surface area contributed by atoms with Crippen LogP contribution in [0.1, 0.15) is 6.92 Å². The second-order valence-electron chi connectivity index (χ2n) is 3.84. The van der Waals surface area contributed by atoms with Crippen molar-refractivity contribution in [2.24, 2.45) is 0 Å². The number of halogens is 3. The molecule has 1 N–H and O–H groups in total. The second-order valence-corrected chi connectivity index (χ2v) is 3.84. The molecule has 0 saturated heterocycles. The Bertz CT molecular complexity index is 612. The molecule has 0 aromatic heterocycles. The van der Waals surface area contributed by atoms with Crippen LogP contribution in [-0.2, 0) is 0 Å². The molecule has 3 nitrogen and oxygen atoms in total. The van der Waals surface area contributed by atoms with Crippen LogP contribution in [0, 0.1) is 17.5 Å². The molecule has 6 heteroatoms. The van der Waals surface area contributed by atoms with Crippen molar-refractivity contribution in [1.29, 1.82) is 0 Å². The molecule has 2 aromatic rings. The van der Waals surface area contributed by atoms with E-state index in [1.54, 1.807) is 12.1 Å². The van der Waals surface area contributed by atoms with Gasteiger partial charge in [-0.3, -0.25) is 0 Å². The fourth-order valence-electron chi connectivity index (χ4n) is 1.55. The van der Waals surface area contributed by atoms with Crippen LogP contribution in [0.25, 0.3) is 0 Å². The number of hydrogen-bond acceptors (Lipinski definition) is 3. The number of rotatable bonds is 4. The molecule has 0 aliphatic carbocycles. The number of ether oxygens (including phenoxy) is 2. The molecule has 2 aromatic carbocycles. The Morgan fingerprint density at radius 2 is 1.60 bits per heavy atom. The van der Waals surface area contributed by atoms with Crippen LogP contribution >= 0.6 is 0 Å². The summed E-state index contributed by atoms with van der Waals surface area (Å²) < 4.78 is 49.6. The molecule has 0 saturated carbocycles. The minimum absolute atomic E-state index is 0.147. The molecule has 0 fully saturated rings. The lowest BCUT2D eigenvalue weighted by atomic mass is 10.2. The molecule has 20 heavy (non-hydrogen) atoms. The van der Waals surface area contributed by atoms with Gasteiger partial charge in [-0.05, 0) is 31.2 Å². The van der Waals surface area contributed by atoms with Crippen LogP contribution < -0.4 is 9.47 Å². The summed E-state index contributed by atoms with van der Waals surface area (Å²) in [4.78, 5) is 0. The summed E-state index contributed by atoms with van der Waals surface area (Å²) in [5.74, 6) is -5.65. The zero-order valence-corrected chi connectivity index (χ0v) is 10.5. The van der Waals surface area contributed by atoms with Gasteiger partial charge in [0.05, 0.1) is 6.61 Å². The quantitative estimate of drug-likeness (QED) is 0.862. The van der Waals surface area contributed by atoms with Crippen molar-refractivity contribution in [3.63, 3.8) is 0 Å². The maximum absolute atomic E-state index is 13.5. The highest BCUT2D eigenvalue weighted by molar-refractivity contribution is 5.44. The molecule has 0 amide bonds. The van der Waals surface area contributed by atoms with Gasteiger partial charge in [-0.1, -0.05) is 0 Å². The van der Waals surface area contributed by atoms with Crippen molar-refractivity contribution in [1.82, 2.24) is 0 Å². The van der Waals surface area contributed by atoms with Crippen LogP contribution in [0.2, 0.25) is 0 Å². The fraction of sp³-hybridized carbons (Fsp3) is 0.143. The number of phenolic OH excluding ortho intramolecular Hbond substituents is 1. The number of aromatic hydroxyl groups is 1. The summed E-state index contributed by atoms with van der Waals surface area (Å²) >= 11 is 0. The Kier molecular flexibility index (Phi) is 4.02. The van der Waals surface area contributed by atoms with Crippen LogP contribution in [0.5, 0.6) is 23.0 Å². The highest BCUT2D eigenvalue weighted by Crippen LogP contribution is 2.36. The molecule has 0 unspecified atom stereocenters. The van der Waals surface area contributed by atoms with Gasteiger partial charge in [0, 0.05) is 6.07 Å². The topological polar surface area (TPSA) is 38.7 Å². The van der Waals surface area contributed by atoms with E-state index in [0.717, 1.165) is 0 Å². The van der Waals surface area contributed by atoms with Gasteiger partial charge in [-0.2, -0.15) is 4.39 Å². The molecule has 0 atom stereocenters. The zero-order chi connectivity index (χ0) is 14.7. The summed E-state index contributed by atoms with van der Waals surface area (Å²) in [5, 5.41) is 9.40. The van der Waals surface area contributed by atoms with Crippen molar-refractivity contribution >= 4 is 0 Å². The normalized spacial score (nSPS) is 10.4. The summed E-state index contributed by atoms with van der Waals surface area (Å²) in [6, 6.07) is 6.47. The third kappa shape index (κ3) is 2.79. The molecular weight excluding hydrogens is 273 g/mol. The molecule has 2 rings (SSSR count). The van der Waals surface area contributed by atoms with Crippen molar-refractivity contribution < 1.29 is 27.8 Å². The Hall–Kier alpha value is -2.37. The lowest BCUT2D eigenvalue weighted by molar-refractivity contribution is 0.338. The van der Waals surface area contributed by atoms with Gasteiger partial charge in [-0.15, -0.1) is 0 Å². The molecule has 0 heterocycles. The number of benzene rings is 2. The first-order valence-electron chi connectivity index (χ1n) is 5.80. The van der Waals surface area contributed by atoms with E-state index in [2.05, 4.69) is 0 Å². The highest BCUT2D eigenvalue weighted by atomic mass is 19.2. The molecule has 0 spiro atoms. The lowest BCUT2D eigenvalue weighted by Gasteiger charge is -2.10. The van der Waals surface area contributed by atoms with E-state index in [-0.39, 0.29) is 5.75 Å². The van der Waals surface area contributed by atoms with Crippen LogP contribution in [0.15, 0.2) is 30.3 Å². The van der Waals surface area contributed by atoms with Gasteiger partial charge in [0.25, 0.3) is 0 Å². The summed E-state index contributed by atoms with van der Waals surface area (Å²) in [6.45, 7) is 2.30. The Morgan fingerprint density at radius 3 is 2.20 bits per heavy atom. The van der Waals surface area contributed by atoms with E-state index >= 15 is 0 Å². The first-order valence-corrected chi connectivity index (χ1v) is 5.80. The summed E-state index contributed by atoms with van der Waals surface area (Å²) in [5.41, 5.74) is 0. The predicted octanol–water partition coefficient (Wildman–Crippen LogP) is 4.00. The molecule has 0 aliphatic rings. The van der Waals surface area contributed by atoms with Gasteiger partial charge in [-0.25, -0.2) is 8.78 Å². The first-order chi connectivity index (χ1) is 9.52. The average molecular weight is 284 g/mol. The minimum Gasteiger partial charge on any atom is -0.504 e. The minimum atomic E-state index is -1.70. The predicted molar refractivity (Wildman–Crippen MR) is 65.7 cm³/mol. The second kappa shape index (κ2) is 5.73. The third-order valence-corrected chi connectivity index (χ3v) is 2.45. The van der Waals surface area contributed by atoms with Crippen molar-refractivity contribution in [3.05, 3.63) is 47.8 Å². The Morgan fingerprint density at radius 1 is 1.00 bits per heavy atom. The highest BCUT2D eigenvalue weighted by Gasteiger charge is 2.20. The number of phenols is 1. The van der Waals surface area contributed by atoms with Crippen molar-refractivity contribution in [2.45, 2.75) is 6.92 Å². The van der Waals surface area contributed by atoms with Crippen molar-refractivity contribution in [2.75, 3.05) is 6.61 Å². The van der Waals surface area contributed by atoms with Crippen LogP contribution in [0.3, 0.4) is 0 Å². The number of hydrogen-bond donors (Lipinski definition) is 1. The fourth-order valence-corrected chi connectivity index (χ4v) is 1.55. The van der Waals surface area contributed by atoms with Gasteiger partial charge >= 0.3 is 0 Å². The van der Waals surface area contributed by atoms with E-state index in [1.807, 2.05) is 6.92 Å². The molecule has 0 radical (unpaired) electrons. The van der Waals surface area contributed by atoms with Crippen LogP contribution in [-0.4, -0.2) is 11.7 Å². The van der Waals surface area contributed by atoms with Crippen molar-refractivity contribution in [3.8, 4) is 23.0 Å². The van der Waals surface area contributed by atoms with Gasteiger partial charge in [0.1, 0.15) is 11.5 Å². The average Bonchev–Trinajstić information content (AvgIpc) is 2.43. The monoisotopic (exact) mass is 284 g/mol. The van der Waals surface area contributed by atoms with E-state index in [9.17, 15) is 18.3 Å². The van der Waals surface area contributed by atoms with Crippen LogP contribution in [0.4, 0.5) is 13.2 Å². The Labute approximate surface area is 113 Å².